The Morgan fingerprint density at radius 3 is 2.78 bits per heavy atom. The molecule has 2 atom stereocenters. The van der Waals surface area contributed by atoms with Gasteiger partial charge < -0.3 is 20.7 Å². The van der Waals surface area contributed by atoms with E-state index in [1.807, 2.05) is 13.0 Å². The van der Waals surface area contributed by atoms with E-state index in [0.717, 1.165) is 23.8 Å². The number of carbonyl (C=O) groups excluding carboxylic acids is 1. The molecule has 0 fully saturated rings. The summed E-state index contributed by atoms with van der Waals surface area (Å²) in [5.74, 6) is 6.75. The molecule has 0 saturated carbocycles. The maximum atomic E-state index is 11.1. The summed E-state index contributed by atoms with van der Waals surface area (Å²) < 4.78 is 5.83. The predicted octanol–water partition coefficient (Wildman–Crippen LogP) is 2.40. The number of nitrogens with one attached hydrogen (secondary N) is 1. The van der Waals surface area contributed by atoms with Crippen LogP contribution in [0.4, 0.5) is 5.82 Å². The van der Waals surface area contributed by atoms with E-state index in [1.165, 1.54) is 0 Å². The molecule has 1 aromatic carbocycles. The predicted molar refractivity (Wildman–Crippen MR) is 105 cm³/mol. The average molecular weight is 367 g/mol. The van der Waals surface area contributed by atoms with Crippen molar-refractivity contribution in [3.8, 4) is 22.9 Å². The zero-order valence-electron chi connectivity index (χ0n) is 15.6. The molecule has 5 N–H and O–H groups in total. The Bertz CT molecular complexity index is 830. The number of aromatic nitrogens is 1. The molecule has 7 heteroatoms. The van der Waals surface area contributed by atoms with Crippen LogP contribution in [-0.4, -0.2) is 23.9 Å². The molecule has 2 aromatic rings. The van der Waals surface area contributed by atoms with Gasteiger partial charge in [-0.3, -0.25) is 0 Å². The molecule has 1 aromatic heterocycles. The molecule has 27 heavy (non-hydrogen) atoms. The fraction of sp³-hybridized carbons (Fsp3) is 0.350. The highest BCUT2D eigenvalue weighted by atomic mass is 16.5. The first-order valence-electron chi connectivity index (χ1n) is 8.81. The van der Waals surface area contributed by atoms with Crippen molar-refractivity contribution >= 4 is 12.1 Å². The molecule has 0 aliphatic rings. The summed E-state index contributed by atoms with van der Waals surface area (Å²) in [6.45, 7) is 4.51. The van der Waals surface area contributed by atoms with Gasteiger partial charge in [0.05, 0.1) is 12.2 Å². The van der Waals surface area contributed by atoms with Gasteiger partial charge in [0.1, 0.15) is 23.9 Å². The fourth-order valence-corrected chi connectivity index (χ4v) is 3.02. The lowest BCUT2D eigenvalue weighted by atomic mass is 9.97. The first-order chi connectivity index (χ1) is 13.0. The van der Waals surface area contributed by atoms with E-state index in [2.05, 4.69) is 23.4 Å². The maximum absolute atomic E-state index is 11.1. The summed E-state index contributed by atoms with van der Waals surface area (Å²) in [6, 6.07) is 9.45. The standard InChI is InChI=1S/C20H25N5O2/c1-13(9-14(2)22)12-27-19-4-3-15(10-16(19)11-21)17-5-7-24-20(25-23)18(17)6-8-26/h3-5,7-8,10,13-14H,6,9,12,22-23H2,1-2H3,(H,24,25). The number of nitrogens with two attached hydrogens (primary N) is 2. The molecule has 2 rings (SSSR count). The highest BCUT2D eigenvalue weighted by Gasteiger charge is 2.14. The van der Waals surface area contributed by atoms with Gasteiger partial charge in [0.25, 0.3) is 0 Å². The van der Waals surface area contributed by atoms with Gasteiger partial charge >= 0.3 is 0 Å². The van der Waals surface area contributed by atoms with Crippen molar-refractivity contribution in [2.75, 3.05) is 12.0 Å². The SMILES string of the molecule is CC(N)CC(C)COc1ccc(-c2ccnc(NN)c2CC=O)cc1C#N. The number of aldehydes is 1. The topological polar surface area (TPSA) is 127 Å². The summed E-state index contributed by atoms with van der Waals surface area (Å²) in [7, 11) is 0. The van der Waals surface area contributed by atoms with Crippen LogP contribution in [0.5, 0.6) is 5.75 Å². The summed E-state index contributed by atoms with van der Waals surface area (Å²) in [6.07, 6.45) is 3.41. The smallest absolute Gasteiger partial charge is 0.144 e. The zero-order chi connectivity index (χ0) is 19.8. The van der Waals surface area contributed by atoms with Crippen LogP contribution in [0.15, 0.2) is 30.5 Å². The number of nitrogen functional groups attached to an aromatic ring is 1. The van der Waals surface area contributed by atoms with Gasteiger partial charge in [-0.25, -0.2) is 10.8 Å². The summed E-state index contributed by atoms with van der Waals surface area (Å²) in [5.41, 5.74) is 11.0. The van der Waals surface area contributed by atoms with E-state index in [4.69, 9.17) is 16.3 Å². The Labute approximate surface area is 159 Å². The van der Waals surface area contributed by atoms with Gasteiger partial charge in [0, 0.05) is 24.2 Å². The largest absolute Gasteiger partial charge is 0.492 e. The third-order valence-corrected chi connectivity index (χ3v) is 4.19. The van der Waals surface area contributed by atoms with Crippen LogP contribution in [0.1, 0.15) is 31.4 Å². The van der Waals surface area contributed by atoms with Gasteiger partial charge in [0.2, 0.25) is 0 Å². The van der Waals surface area contributed by atoms with Crippen LogP contribution in [0, 0.1) is 17.2 Å². The van der Waals surface area contributed by atoms with Crippen molar-refractivity contribution < 1.29 is 9.53 Å². The molecule has 0 radical (unpaired) electrons. The minimum absolute atomic E-state index is 0.106. The van der Waals surface area contributed by atoms with Gasteiger partial charge in [-0.05, 0) is 48.6 Å². The first-order valence-corrected chi connectivity index (χ1v) is 8.81. The third kappa shape index (κ3) is 5.26. The van der Waals surface area contributed by atoms with E-state index in [1.54, 1.807) is 24.4 Å². The second kappa shape index (κ2) is 9.67. The Balaban J connectivity index is 2.31. The monoisotopic (exact) mass is 367 g/mol. The fourth-order valence-electron chi connectivity index (χ4n) is 3.02. The quantitative estimate of drug-likeness (QED) is 0.353. The van der Waals surface area contributed by atoms with Crippen molar-refractivity contribution in [2.45, 2.75) is 32.7 Å². The number of anilines is 1. The normalized spacial score (nSPS) is 12.7. The van der Waals surface area contributed by atoms with Crippen molar-refractivity contribution in [1.82, 2.24) is 4.98 Å². The summed E-state index contributed by atoms with van der Waals surface area (Å²) >= 11 is 0. The number of pyridine rings is 1. The number of carbonyl (C=O) groups is 1. The van der Waals surface area contributed by atoms with Crippen molar-refractivity contribution in [1.29, 1.82) is 5.26 Å². The number of hydrogen-bond acceptors (Lipinski definition) is 7. The molecule has 0 amide bonds. The lowest BCUT2D eigenvalue weighted by Crippen LogP contribution is -2.21. The number of benzene rings is 1. The van der Waals surface area contributed by atoms with Crippen molar-refractivity contribution in [2.24, 2.45) is 17.5 Å². The van der Waals surface area contributed by atoms with E-state index >= 15 is 0 Å². The summed E-state index contributed by atoms with van der Waals surface area (Å²) in [4.78, 5) is 15.2. The van der Waals surface area contributed by atoms with Crippen LogP contribution in [0.3, 0.4) is 0 Å². The van der Waals surface area contributed by atoms with E-state index in [0.29, 0.717) is 29.3 Å². The highest BCUT2D eigenvalue weighted by Crippen LogP contribution is 2.31. The van der Waals surface area contributed by atoms with E-state index in [-0.39, 0.29) is 18.4 Å². The molecular formula is C20H25N5O2. The third-order valence-electron chi connectivity index (χ3n) is 4.19. The number of ether oxygens (including phenoxy) is 1. The van der Waals surface area contributed by atoms with E-state index in [9.17, 15) is 10.1 Å². The highest BCUT2D eigenvalue weighted by molar-refractivity contribution is 5.77. The lowest BCUT2D eigenvalue weighted by molar-refractivity contribution is -0.107. The number of nitriles is 1. The number of nitrogens with zero attached hydrogens (tertiary/aromatic N) is 2. The molecule has 142 valence electrons. The molecule has 1 heterocycles. The molecule has 0 aliphatic carbocycles. The van der Waals surface area contributed by atoms with Crippen molar-refractivity contribution in [3.63, 3.8) is 0 Å². The van der Waals surface area contributed by atoms with E-state index < -0.39 is 0 Å². The lowest BCUT2D eigenvalue weighted by Gasteiger charge is -2.17. The van der Waals surface area contributed by atoms with Crippen molar-refractivity contribution in [3.05, 3.63) is 41.6 Å². The first kappa shape index (κ1) is 20.4. The van der Waals surface area contributed by atoms with Crippen LogP contribution in [0.2, 0.25) is 0 Å². The molecule has 7 nitrogen and oxygen atoms in total. The Morgan fingerprint density at radius 1 is 1.37 bits per heavy atom. The molecule has 0 bridgehead atoms. The number of rotatable bonds is 9. The second-order valence-electron chi connectivity index (χ2n) is 6.65. The molecule has 0 saturated heterocycles. The minimum atomic E-state index is 0.106. The Kier molecular flexibility index (Phi) is 7.29. The summed E-state index contributed by atoms with van der Waals surface area (Å²) in [5, 5.41) is 9.52. The minimum Gasteiger partial charge on any atom is -0.492 e. The van der Waals surface area contributed by atoms with Gasteiger partial charge in [-0.2, -0.15) is 5.26 Å². The molecular weight excluding hydrogens is 342 g/mol. The molecule has 0 aliphatic heterocycles. The zero-order valence-corrected chi connectivity index (χ0v) is 15.6. The van der Waals surface area contributed by atoms with Crippen LogP contribution >= 0.6 is 0 Å². The maximum Gasteiger partial charge on any atom is 0.144 e. The van der Waals surface area contributed by atoms with Crippen LogP contribution < -0.4 is 21.7 Å². The second-order valence-corrected chi connectivity index (χ2v) is 6.65. The van der Waals surface area contributed by atoms with Gasteiger partial charge in [0.15, 0.2) is 0 Å². The van der Waals surface area contributed by atoms with Gasteiger partial charge in [-0.1, -0.05) is 13.0 Å². The average Bonchev–Trinajstić information content (AvgIpc) is 2.66. The van der Waals surface area contributed by atoms with Crippen LogP contribution in [-0.2, 0) is 11.2 Å². The van der Waals surface area contributed by atoms with Gasteiger partial charge in [-0.15, -0.1) is 0 Å². The Morgan fingerprint density at radius 2 is 2.15 bits per heavy atom. The number of hydrogen-bond donors (Lipinski definition) is 3. The molecule has 2 unspecified atom stereocenters. The van der Waals surface area contributed by atoms with Crippen LogP contribution in [0.25, 0.3) is 11.1 Å². The number of hydrazine groups is 1. The Hall–Kier alpha value is -2.95. The molecule has 0 spiro atoms.